The number of nitrogens with zero attached hydrogens (tertiary/aromatic N) is 3. The molecule has 0 saturated carbocycles. The first-order chi connectivity index (χ1) is 13.4. The lowest BCUT2D eigenvalue weighted by Crippen LogP contribution is -2.24. The number of hydrogen-bond acceptors (Lipinski definition) is 4. The van der Waals surface area contributed by atoms with Gasteiger partial charge in [-0.2, -0.15) is 4.98 Å². The van der Waals surface area contributed by atoms with Crippen LogP contribution in [0.25, 0.3) is 11.4 Å². The SMILES string of the molecule is Cc1ccc(-c2noc(C3CC(=O)N(c4ccc(C(C)C)cc4)C3)n2)cc1C. The van der Waals surface area contributed by atoms with Crippen molar-refractivity contribution >= 4 is 11.6 Å². The van der Waals surface area contributed by atoms with Gasteiger partial charge in [-0.25, -0.2) is 0 Å². The molecule has 5 heteroatoms. The number of carbonyl (C=O) groups excluding carboxylic acids is 1. The molecule has 1 unspecified atom stereocenters. The van der Waals surface area contributed by atoms with Crippen LogP contribution in [0, 0.1) is 13.8 Å². The topological polar surface area (TPSA) is 59.2 Å². The predicted molar refractivity (Wildman–Crippen MR) is 109 cm³/mol. The first-order valence-corrected chi connectivity index (χ1v) is 9.74. The Labute approximate surface area is 165 Å². The maximum Gasteiger partial charge on any atom is 0.232 e. The van der Waals surface area contributed by atoms with Crippen molar-refractivity contribution in [1.82, 2.24) is 10.1 Å². The molecule has 0 N–H and O–H groups in total. The number of aromatic nitrogens is 2. The van der Waals surface area contributed by atoms with Crippen LogP contribution in [0.1, 0.15) is 54.7 Å². The van der Waals surface area contributed by atoms with Gasteiger partial charge in [0.15, 0.2) is 0 Å². The maximum absolute atomic E-state index is 12.6. The van der Waals surface area contributed by atoms with Crippen molar-refractivity contribution in [2.75, 3.05) is 11.4 Å². The molecular formula is C23H25N3O2. The predicted octanol–water partition coefficient (Wildman–Crippen LogP) is 5.00. The summed E-state index contributed by atoms with van der Waals surface area (Å²) in [6.45, 7) is 9.03. The van der Waals surface area contributed by atoms with E-state index < -0.39 is 0 Å². The minimum atomic E-state index is -0.0786. The minimum Gasteiger partial charge on any atom is -0.339 e. The lowest BCUT2D eigenvalue weighted by molar-refractivity contribution is -0.117. The van der Waals surface area contributed by atoms with E-state index in [2.05, 4.69) is 62.1 Å². The Bertz CT molecular complexity index is 1000. The molecule has 1 aliphatic heterocycles. The number of rotatable bonds is 4. The zero-order chi connectivity index (χ0) is 19.8. The fraction of sp³-hybridized carbons (Fsp3) is 0.348. The fourth-order valence-corrected chi connectivity index (χ4v) is 3.56. The second-order valence-corrected chi connectivity index (χ2v) is 7.91. The smallest absolute Gasteiger partial charge is 0.232 e. The number of hydrogen-bond donors (Lipinski definition) is 0. The molecule has 2 heterocycles. The van der Waals surface area contributed by atoms with Gasteiger partial charge < -0.3 is 9.42 Å². The average molecular weight is 375 g/mol. The number of aryl methyl sites for hydroxylation is 2. The quantitative estimate of drug-likeness (QED) is 0.644. The minimum absolute atomic E-state index is 0.0786. The Hall–Kier alpha value is -2.95. The van der Waals surface area contributed by atoms with Crippen LogP contribution in [0.15, 0.2) is 47.0 Å². The van der Waals surface area contributed by atoms with Crippen molar-refractivity contribution in [1.29, 1.82) is 0 Å². The summed E-state index contributed by atoms with van der Waals surface area (Å²) in [7, 11) is 0. The van der Waals surface area contributed by atoms with Crippen LogP contribution in [-0.2, 0) is 4.79 Å². The summed E-state index contributed by atoms with van der Waals surface area (Å²) in [5.41, 5.74) is 5.54. The summed E-state index contributed by atoms with van der Waals surface area (Å²) < 4.78 is 5.52. The van der Waals surface area contributed by atoms with Crippen molar-refractivity contribution in [2.24, 2.45) is 0 Å². The molecule has 0 aliphatic carbocycles. The van der Waals surface area contributed by atoms with E-state index in [1.807, 2.05) is 23.1 Å². The molecule has 1 atom stereocenters. The molecule has 5 nitrogen and oxygen atoms in total. The number of anilines is 1. The third kappa shape index (κ3) is 3.44. The van der Waals surface area contributed by atoms with Gasteiger partial charge in [-0.1, -0.05) is 43.3 Å². The van der Waals surface area contributed by atoms with Crippen LogP contribution in [-0.4, -0.2) is 22.6 Å². The van der Waals surface area contributed by atoms with Gasteiger partial charge in [-0.15, -0.1) is 0 Å². The Morgan fingerprint density at radius 2 is 1.82 bits per heavy atom. The molecular weight excluding hydrogens is 350 g/mol. The van der Waals surface area contributed by atoms with E-state index in [1.54, 1.807) is 0 Å². The van der Waals surface area contributed by atoms with Crippen molar-refractivity contribution in [3.05, 3.63) is 65.0 Å². The zero-order valence-corrected chi connectivity index (χ0v) is 16.8. The third-order valence-electron chi connectivity index (χ3n) is 5.55. The van der Waals surface area contributed by atoms with Crippen LogP contribution in [0.4, 0.5) is 5.69 Å². The molecule has 0 bridgehead atoms. The summed E-state index contributed by atoms with van der Waals surface area (Å²) >= 11 is 0. The van der Waals surface area contributed by atoms with E-state index in [9.17, 15) is 4.79 Å². The Morgan fingerprint density at radius 1 is 1.07 bits per heavy atom. The second kappa shape index (κ2) is 7.23. The van der Waals surface area contributed by atoms with Crippen LogP contribution >= 0.6 is 0 Å². The molecule has 1 amide bonds. The van der Waals surface area contributed by atoms with Gasteiger partial charge in [0.2, 0.25) is 17.6 Å². The van der Waals surface area contributed by atoms with E-state index in [4.69, 9.17) is 4.52 Å². The Morgan fingerprint density at radius 3 is 2.50 bits per heavy atom. The zero-order valence-electron chi connectivity index (χ0n) is 16.8. The number of benzene rings is 2. The normalized spacial score (nSPS) is 17.0. The molecule has 1 aromatic heterocycles. The molecule has 0 spiro atoms. The second-order valence-electron chi connectivity index (χ2n) is 7.91. The summed E-state index contributed by atoms with van der Waals surface area (Å²) in [5, 5.41) is 4.14. The lowest BCUT2D eigenvalue weighted by atomic mass is 10.0. The molecule has 4 rings (SSSR count). The summed E-state index contributed by atoms with van der Waals surface area (Å²) in [4.78, 5) is 19.0. The summed E-state index contributed by atoms with van der Waals surface area (Å²) in [6.07, 6.45) is 0.389. The maximum atomic E-state index is 12.6. The molecule has 28 heavy (non-hydrogen) atoms. The standard InChI is InChI=1S/C23H25N3O2/c1-14(2)17-7-9-20(10-8-17)26-13-19(12-21(26)27)23-24-22(25-28-23)18-6-5-15(3)16(4)11-18/h5-11,14,19H,12-13H2,1-4H3. The molecule has 1 saturated heterocycles. The van der Waals surface area contributed by atoms with Gasteiger partial charge in [0, 0.05) is 24.2 Å². The van der Waals surface area contributed by atoms with Crippen LogP contribution in [0.3, 0.4) is 0 Å². The molecule has 0 radical (unpaired) electrons. The Kier molecular flexibility index (Phi) is 4.75. The highest BCUT2D eigenvalue weighted by atomic mass is 16.5. The monoisotopic (exact) mass is 375 g/mol. The highest BCUT2D eigenvalue weighted by molar-refractivity contribution is 5.96. The van der Waals surface area contributed by atoms with Crippen LogP contribution in [0.5, 0.6) is 0 Å². The third-order valence-corrected chi connectivity index (χ3v) is 5.55. The van der Waals surface area contributed by atoms with Crippen molar-refractivity contribution < 1.29 is 9.32 Å². The van der Waals surface area contributed by atoms with Crippen molar-refractivity contribution in [2.45, 2.75) is 46.0 Å². The van der Waals surface area contributed by atoms with Gasteiger partial charge in [-0.05, 0) is 54.7 Å². The number of carbonyl (C=O) groups is 1. The lowest BCUT2D eigenvalue weighted by Gasteiger charge is -2.17. The molecule has 1 aliphatic rings. The molecule has 1 fully saturated rings. The van der Waals surface area contributed by atoms with E-state index in [0.717, 1.165) is 11.3 Å². The van der Waals surface area contributed by atoms with Crippen LogP contribution in [0.2, 0.25) is 0 Å². The summed E-state index contributed by atoms with van der Waals surface area (Å²) in [6, 6.07) is 14.3. The first-order valence-electron chi connectivity index (χ1n) is 9.74. The van der Waals surface area contributed by atoms with E-state index in [1.165, 1.54) is 16.7 Å². The molecule has 2 aromatic carbocycles. The van der Waals surface area contributed by atoms with Crippen molar-refractivity contribution in [3.63, 3.8) is 0 Å². The van der Waals surface area contributed by atoms with Gasteiger partial charge in [0.05, 0.1) is 5.92 Å². The fourth-order valence-electron chi connectivity index (χ4n) is 3.56. The molecule has 3 aromatic rings. The average Bonchev–Trinajstić information content (AvgIpc) is 3.31. The van der Waals surface area contributed by atoms with E-state index in [0.29, 0.717) is 30.6 Å². The highest BCUT2D eigenvalue weighted by Gasteiger charge is 2.35. The van der Waals surface area contributed by atoms with Gasteiger partial charge in [0.25, 0.3) is 0 Å². The van der Waals surface area contributed by atoms with Gasteiger partial charge >= 0.3 is 0 Å². The van der Waals surface area contributed by atoms with Crippen LogP contribution < -0.4 is 4.90 Å². The van der Waals surface area contributed by atoms with Gasteiger partial charge in [-0.3, -0.25) is 4.79 Å². The largest absolute Gasteiger partial charge is 0.339 e. The van der Waals surface area contributed by atoms with Gasteiger partial charge in [0.1, 0.15) is 0 Å². The van der Waals surface area contributed by atoms with E-state index in [-0.39, 0.29) is 11.8 Å². The highest BCUT2D eigenvalue weighted by Crippen LogP contribution is 2.32. The first kappa shape index (κ1) is 18.4. The Balaban J connectivity index is 1.52. The van der Waals surface area contributed by atoms with Crippen molar-refractivity contribution in [3.8, 4) is 11.4 Å². The number of amides is 1. The van der Waals surface area contributed by atoms with E-state index >= 15 is 0 Å². The summed E-state index contributed by atoms with van der Waals surface area (Å²) in [5.74, 6) is 1.59. The molecule has 144 valence electrons.